The van der Waals surface area contributed by atoms with Gasteiger partial charge in [0.15, 0.2) is 0 Å². The van der Waals surface area contributed by atoms with E-state index in [4.69, 9.17) is 4.74 Å². The molecule has 2 heterocycles. The fourth-order valence-electron chi connectivity index (χ4n) is 3.09. The fourth-order valence-corrected chi connectivity index (χ4v) is 3.09. The number of pyridine rings is 1. The lowest BCUT2D eigenvalue weighted by Crippen LogP contribution is -2.42. The summed E-state index contributed by atoms with van der Waals surface area (Å²) in [6, 6.07) is 13.5. The zero-order valence-electron chi connectivity index (χ0n) is 14.9. The van der Waals surface area contributed by atoms with E-state index in [-0.39, 0.29) is 6.03 Å². The van der Waals surface area contributed by atoms with Crippen LogP contribution in [0, 0.1) is 5.92 Å². The number of urea groups is 1. The monoisotopic (exact) mass is 354 g/mol. The van der Waals surface area contributed by atoms with E-state index in [9.17, 15) is 4.79 Å². The summed E-state index contributed by atoms with van der Waals surface area (Å²) >= 11 is 0. The summed E-state index contributed by atoms with van der Waals surface area (Å²) in [6.45, 7) is 3.67. The Morgan fingerprint density at radius 1 is 1.12 bits per heavy atom. The summed E-state index contributed by atoms with van der Waals surface area (Å²) in [7, 11) is 0. The molecule has 0 saturated carbocycles. The molecule has 0 spiro atoms. The SMILES string of the molecule is O=C(NCCOc1ccccc1)NCC1CCN(c2cccnc2)CC1. The number of ether oxygens (including phenoxy) is 1. The summed E-state index contributed by atoms with van der Waals surface area (Å²) in [5.74, 6) is 1.34. The third kappa shape index (κ3) is 5.65. The van der Waals surface area contributed by atoms with Gasteiger partial charge in [-0.3, -0.25) is 4.98 Å². The lowest BCUT2D eigenvalue weighted by atomic mass is 9.96. The number of para-hydroxylation sites is 1. The van der Waals surface area contributed by atoms with Crippen LogP contribution in [0.4, 0.5) is 10.5 Å². The molecule has 1 aliphatic rings. The van der Waals surface area contributed by atoms with Gasteiger partial charge in [-0.15, -0.1) is 0 Å². The third-order valence-electron chi connectivity index (χ3n) is 4.58. The van der Waals surface area contributed by atoms with E-state index in [0.717, 1.165) is 31.7 Å². The minimum absolute atomic E-state index is 0.128. The molecule has 0 radical (unpaired) electrons. The van der Waals surface area contributed by atoms with E-state index in [1.807, 2.05) is 42.6 Å². The van der Waals surface area contributed by atoms with Crippen LogP contribution in [0.5, 0.6) is 5.75 Å². The van der Waals surface area contributed by atoms with Crippen molar-refractivity contribution < 1.29 is 9.53 Å². The number of hydrogen-bond acceptors (Lipinski definition) is 4. The second-order valence-electron chi connectivity index (χ2n) is 6.44. The van der Waals surface area contributed by atoms with Crippen LogP contribution in [0.2, 0.25) is 0 Å². The summed E-state index contributed by atoms with van der Waals surface area (Å²) in [5, 5.41) is 5.80. The van der Waals surface area contributed by atoms with Crippen molar-refractivity contribution in [2.75, 3.05) is 37.7 Å². The predicted molar refractivity (Wildman–Crippen MR) is 103 cm³/mol. The smallest absolute Gasteiger partial charge is 0.314 e. The highest BCUT2D eigenvalue weighted by Crippen LogP contribution is 2.21. The first-order chi connectivity index (χ1) is 12.8. The maximum Gasteiger partial charge on any atom is 0.314 e. The topological polar surface area (TPSA) is 66.5 Å². The van der Waals surface area contributed by atoms with Crippen molar-refractivity contribution in [3.8, 4) is 5.75 Å². The van der Waals surface area contributed by atoms with Crippen LogP contribution in [0.3, 0.4) is 0 Å². The normalized spacial score (nSPS) is 14.7. The van der Waals surface area contributed by atoms with E-state index in [0.29, 0.717) is 25.6 Å². The minimum atomic E-state index is -0.128. The summed E-state index contributed by atoms with van der Waals surface area (Å²) in [6.07, 6.45) is 5.85. The lowest BCUT2D eigenvalue weighted by molar-refractivity contribution is 0.233. The number of carbonyl (C=O) groups excluding carboxylic acids is 1. The molecule has 0 bridgehead atoms. The second-order valence-corrected chi connectivity index (χ2v) is 6.44. The van der Waals surface area contributed by atoms with Gasteiger partial charge in [0.1, 0.15) is 12.4 Å². The van der Waals surface area contributed by atoms with Gasteiger partial charge in [0.2, 0.25) is 0 Å². The van der Waals surface area contributed by atoms with Crippen molar-refractivity contribution in [3.05, 3.63) is 54.9 Å². The number of carbonyl (C=O) groups is 1. The number of nitrogens with one attached hydrogen (secondary N) is 2. The van der Waals surface area contributed by atoms with Gasteiger partial charge in [0.25, 0.3) is 0 Å². The van der Waals surface area contributed by atoms with Gasteiger partial charge in [-0.1, -0.05) is 18.2 Å². The number of aromatic nitrogens is 1. The first kappa shape index (κ1) is 18.0. The molecule has 26 heavy (non-hydrogen) atoms. The standard InChI is InChI=1S/C20H26N4O2/c25-20(22-11-14-26-19-6-2-1-3-7-19)23-15-17-8-12-24(13-9-17)18-5-4-10-21-16-18/h1-7,10,16-17H,8-9,11-15H2,(H2,22,23,25). The van der Waals surface area contributed by atoms with Crippen molar-refractivity contribution in [1.82, 2.24) is 15.6 Å². The van der Waals surface area contributed by atoms with Crippen molar-refractivity contribution in [2.45, 2.75) is 12.8 Å². The van der Waals surface area contributed by atoms with Crippen molar-refractivity contribution in [2.24, 2.45) is 5.92 Å². The van der Waals surface area contributed by atoms with Gasteiger partial charge < -0.3 is 20.3 Å². The largest absolute Gasteiger partial charge is 0.492 e. The molecule has 6 nitrogen and oxygen atoms in total. The maximum atomic E-state index is 11.9. The zero-order valence-corrected chi connectivity index (χ0v) is 14.9. The average Bonchev–Trinajstić information content (AvgIpc) is 2.71. The van der Waals surface area contributed by atoms with Crippen LogP contribution >= 0.6 is 0 Å². The molecule has 1 aromatic carbocycles. The number of hydrogen-bond donors (Lipinski definition) is 2. The number of piperidine rings is 1. The quantitative estimate of drug-likeness (QED) is 0.750. The third-order valence-corrected chi connectivity index (χ3v) is 4.58. The van der Waals surface area contributed by atoms with Gasteiger partial charge in [-0.2, -0.15) is 0 Å². The van der Waals surface area contributed by atoms with E-state index in [1.165, 1.54) is 5.69 Å². The molecule has 6 heteroatoms. The van der Waals surface area contributed by atoms with Gasteiger partial charge in [-0.25, -0.2) is 4.79 Å². The maximum absolute atomic E-state index is 11.9. The Hall–Kier alpha value is -2.76. The Balaban J connectivity index is 1.27. The molecular formula is C20H26N4O2. The second kappa shape index (κ2) is 9.65. The first-order valence-corrected chi connectivity index (χ1v) is 9.16. The molecule has 2 amide bonds. The molecule has 3 rings (SSSR count). The molecule has 1 aliphatic heterocycles. The number of nitrogens with zero attached hydrogens (tertiary/aromatic N) is 2. The van der Waals surface area contributed by atoms with Crippen molar-refractivity contribution in [1.29, 1.82) is 0 Å². The van der Waals surface area contributed by atoms with Crippen LogP contribution in [0.25, 0.3) is 0 Å². The van der Waals surface area contributed by atoms with Gasteiger partial charge in [0, 0.05) is 25.8 Å². The number of anilines is 1. The molecular weight excluding hydrogens is 328 g/mol. The zero-order chi connectivity index (χ0) is 18.0. The van der Waals surface area contributed by atoms with E-state index < -0.39 is 0 Å². The Bertz CT molecular complexity index is 658. The molecule has 0 aliphatic carbocycles. The minimum Gasteiger partial charge on any atom is -0.492 e. The molecule has 0 unspecified atom stereocenters. The van der Waals surface area contributed by atoms with Gasteiger partial charge in [0.05, 0.1) is 18.4 Å². The highest BCUT2D eigenvalue weighted by molar-refractivity contribution is 5.73. The van der Waals surface area contributed by atoms with Crippen molar-refractivity contribution >= 4 is 11.7 Å². The van der Waals surface area contributed by atoms with Gasteiger partial charge in [-0.05, 0) is 43.0 Å². The molecule has 1 aromatic heterocycles. The summed E-state index contributed by atoms with van der Waals surface area (Å²) in [5.41, 5.74) is 1.18. The molecule has 2 aromatic rings. The summed E-state index contributed by atoms with van der Waals surface area (Å²) in [4.78, 5) is 18.4. The Kier molecular flexibility index (Phi) is 6.70. The first-order valence-electron chi connectivity index (χ1n) is 9.16. The number of benzene rings is 1. The molecule has 1 fully saturated rings. The van der Waals surface area contributed by atoms with Crippen LogP contribution in [-0.2, 0) is 0 Å². The summed E-state index contributed by atoms with van der Waals surface area (Å²) < 4.78 is 5.55. The Morgan fingerprint density at radius 2 is 1.92 bits per heavy atom. The molecule has 2 N–H and O–H groups in total. The number of rotatable bonds is 7. The van der Waals surface area contributed by atoms with Crippen LogP contribution in [0.1, 0.15) is 12.8 Å². The van der Waals surface area contributed by atoms with Gasteiger partial charge >= 0.3 is 6.03 Å². The van der Waals surface area contributed by atoms with E-state index in [2.05, 4.69) is 26.6 Å². The van der Waals surface area contributed by atoms with Crippen LogP contribution < -0.4 is 20.3 Å². The highest BCUT2D eigenvalue weighted by atomic mass is 16.5. The fraction of sp³-hybridized carbons (Fsp3) is 0.400. The highest BCUT2D eigenvalue weighted by Gasteiger charge is 2.19. The Morgan fingerprint density at radius 3 is 2.65 bits per heavy atom. The van der Waals surface area contributed by atoms with E-state index in [1.54, 1.807) is 6.20 Å². The molecule has 138 valence electrons. The Labute approximate surface area is 154 Å². The number of amides is 2. The predicted octanol–water partition coefficient (Wildman–Crippen LogP) is 2.68. The lowest BCUT2D eigenvalue weighted by Gasteiger charge is -2.33. The van der Waals surface area contributed by atoms with Crippen LogP contribution in [0.15, 0.2) is 54.9 Å². The van der Waals surface area contributed by atoms with E-state index >= 15 is 0 Å². The van der Waals surface area contributed by atoms with Crippen LogP contribution in [-0.4, -0.2) is 43.8 Å². The van der Waals surface area contributed by atoms with Crippen molar-refractivity contribution in [3.63, 3.8) is 0 Å². The molecule has 1 saturated heterocycles. The molecule has 0 atom stereocenters. The average molecular weight is 354 g/mol.